The normalized spacial score (nSPS) is 25.0. The van der Waals surface area contributed by atoms with E-state index in [9.17, 15) is 0 Å². The van der Waals surface area contributed by atoms with Crippen molar-refractivity contribution in [2.45, 2.75) is 39.3 Å². The molecule has 3 nitrogen and oxygen atoms in total. The third-order valence-corrected chi connectivity index (χ3v) is 4.47. The molecule has 0 bridgehead atoms. The van der Waals surface area contributed by atoms with Gasteiger partial charge in [-0.05, 0) is 36.5 Å². The second-order valence-corrected chi connectivity index (χ2v) is 6.31. The highest BCUT2D eigenvalue weighted by Gasteiger charge is 2.35. The van der Waals surface area contributed by atoms with E-state index in [2.05, 4.69) is 43.9 Å². The van der Waals surface area contributed by atoms with Gasteiger partial charge in [0.2, 0.25) is 0 Å². The number of ether oxygens (including phenoxy) is 1. The average molecular weight is 262 g/mol. The fraction of sp³-hybridized carbons (Fsp3) is 0.625. The fourth-order valence-corrected chi connectivity index (χ4v) is 2.86. The monoisotopic (exact) mass is 262 g/mol. The highest BCUT2D eigenvalue weighted by molar-refractivity contribution is 5.30. The first-order valence-corrected chi connectivity index (χ1v) is 7.07. The molecule has 1 fully saturated rings. The number of piperidine rings is 1. The predicted octanol–water partition coefficient (Wildman–Crippen LogP) is 2.82. The Morgan fingerprint density at radius 1 is 1.42 bits per heavy atom. The summed E-state index contributed by atoms with van der Waals surface area (Å²) in [6.45, 7) is 8.92. The topological polar surface area (TPSA) is 38.5 Å². The Kier molecular flexibility index (Phi) is 4.16. The van der Waals surface area contributed by atoms with E-state index in [1.807, 2.05) is 6.07 Å². The molecule has 1 heterocycles. The van der Waals surface area contributed by atoms with Gasteiger partial charge in [-0.25, -0.2) is 0 Å². The minimum atomic E-state index is 0.186. The third kappa shape index (κ3) is 3.10. The van der Waals surface area contributed by atoms with Gasteiger partial charge in [-0.2, -0.15) is 0 Å². The van der Waals surface area contributed by atoms with Crippen LogP contribution in [0.2, 0.25) is 0 Å². The maximum atomic E-state index is 6.21. The first-order chi connectivity index (χ1) is 8.94. The molecule has 2 atom stereocenters. The largest absolute Gasteiger partial charge is 0.497 e. The lowest BCUT2D eigenvalue weighted by Crippen LogP contribution is -2.52. The van der Waals surface area contributed by atoms with Crippen LogP contribution in [0.3, 0.4) is 0 Å². The molecule has 19 heavy (non-hydrogen) atoms. The Balaban J connectivity index is 2.13. The zero-order chi connectivity index (χ0) is 14.0. The zero-order valence-corrected chi connectivity index (χ0v) is 12.5. The molecule has 0 saturated carbocycles. The van der Waals surface area contributed by atoms with Crippen LogP contribution in [0.4, 0.5) is 0 Å². The Morgan fingerprint density at radius 3 is 2.79 bits per heavy atom. The second kappa shape index (κ2) is 5.51. The lowest BCUT2D eigenvalue weighted by Gasteiger charge is -2.45. The molecule has 2 unspecified atom stereocenters. The maximum Gasteiger partial charge on any atom is 0.119 e. The number of hydrogen-bond acceptors (Lipinski definition) is 3. The SMILES string of the molecule is COc1cccc(C(C)N2CCC(N)C(C)(C)C2)c1. The van der Waals surface area contributed by atoms with Crippen molar-refractivity contribution in [1.82, 2.24) is 4.90 Å². The van der Waals surface area contributed by atoms with Crippen molar-refractivity contribution in [2.75, 3.05) is 20.2 Å². The van der Waals surface area contributed by atoms with Crippen LogP contribution in [0.5, 0.6) is 5.75 Å². The van der Waals surface area contributed by atoms with E-state index < -0.39 is 0 Å². The molecule has 2 rings (SSSR count). The number of benzene rings is 1. The maximum absolute atomic E-state index is 6.21. The highest BCUT2D eigenvalue weighted by atomic mass is 16.5. The molecule has 0 aliphatic carbocycles. The summed E-state index contributed by atoms with van der Waals surface area (Å²) in [7, 11) is 1.72. The van der Waals surface area contributed by atoms with Crippen LogP contribution in [-0.2, 0) is 0 Å². The summed E-state index contributed by atoms with van der Waals surface area (Å²) in [6.07, 6.45) is 1.07. The van der Waals surface area contributed by atoms with Crippen molar-refractivity contribution in [2.24, 2.45) is 11.1 Å². The standard InChI is InChI=1S/C16H26N2O/c1-12(13-6-5-7-14(10-13)19-4)18-9-8-15(17)16(2,3)11-18/h5-7,10,12,15H,8-9,11,17H2,1-4H3. The van der Waals surface area contributed by atoms with Gasteiger partial charge in [0.25, 0.3) is 0 Å². The summed E-state index contributed by atoms with van der Waals surface area (Å²) < 4.78 is 5.31. The van der Waals surface area contributed by atoms with Crippen molar-refractivity contribution in [1.29, 1.82) is 0 Å². The molecule has 1 saturated heterocycles. The predicted molar refractivity (Wildman–Crippen MR) is 79.4 cm³/mol. The van der Waals surface area contributed by atoms with Gasteiger partial charge in [0, 0.05) is 25.2 Å². The Bertz CT molecular complexity index is 431. The van der Waals surface area contributed by atoms with Crippen LogP contribution in [0.15, 0.2) is 24.3 Å². The first kappa shape index (κ1) is 14.4. The van der Waals surface area contributed by atoms with Gasteiger partial charge in [0.05, 0.1) is 7.11 Å². The fourth-order valence-electron chi connectivity index (χ4n) is 2.86. The Morgan fingerprint density at radius 2 is 2.16 bits per heavy atom. The minimum absolute atomic E-state index is 0.186. The molecule has 2 N–H and O–H groups in total. The molecular formula is C16H26N2O. The summed E-state index contributed by atoms with van der Waals surface area (Å²) in [5.41, 5.74) is 7.71. The van der Waals surface area contributed by atoms with Gasteiger partial charge in [-0.3, -0.25) is 4.90 Å². The first-order valence-electron chi connectivity index (χ1n) is 7.07. The van der Waals surface area contributed by atoms with Crippen molar-refractivity contribution in [3.63, 3.8) is 0 Å². The van der Waals surface area contributed by atoms with Gasteiger partial charge in [-0.1, -0.05) is 26.0 Å². The van der Waals surface area contributed by atoms with Gasteiger partial charge >= 0.3 is 0 Å². The van der Waals surface area contributed by atoms with Crippen LogP contribution < -0.4 is 10.5 Å². The van der Waals surface area contributed by atoms with Crippen LogP contribution in [-0.4, -0.2) is 31.1 Å². The van der Waals surface area contributed by atoms with Crippen molar-refractivity contribution < 1.29 is 4.74 Å². The number of methoxy groups -OCH3 is 1. The quantitative estimate of drug-likeness (QED) is 0.910. The molecule has 1 aliphatic rings. The number of hydrogen-bond donors (Lipinski definition) is 1. The summed E-state index contributed by atoms with van der Waals surface area (Å²) in [4.78, 5) is 2.53. The summed E-state index contributed by atoms with van der Waals surface area (Å²) in [6, 6.07) is 9.07. The molecule has 3 heteroatoms. The van der Waals surface area contributed by atoms with Gasteiger partial charge in [-0.15, -0.1) is 0 Å². The van der Waals surface area contributed by atoms with Crippen LogP contribution in [0, 0.1) is 5.41 Å². The number of rotatable bonds is 3. The van der Waals surface area contributed by atoms with Crippen LogP contribution in [0.25, 0.3) is 0 Å². The second-order valence-electron chi connectivity index (χ2n) is 6.31. The zero-order valence-electron chi connectivity index (χ0n) is 12.5. The Hall–Kier alpha value is -1.06. The van der Waals surface area contributed by atoms with Crippen LogP contribution >= 0.6 is 0 Å². The summed E-state index contributed by atoms with van der Waals surface area (Å²) >= 11 is 0. The van der Waals surface area contributed by atoms with Gasteiger partial charge < -0.3 is 10.5 Å². The molecular weight excluding hydrogens is 236 g/mol. The van der Waals surface area contributed by atoms with Gasteiger partial charge in [0.15, 0.2) is 0 Å². The molecule has 106 valence electrons. The van der Waals surface area contributed by atoms with E-state index in [0.29, 0.717) is 12.1 Å². The van der Waals surface area contributed by atoms with E-state index in [1.54, 1.807) is 7.11 Å². The van der Waals surface area contributed by atoms with Crippen LogP contribution in [0.1, 0.15) is 38.8 Å². The van der Waals surface area contributed by atoms with E-state index in [1.165, 1.54) is 5.56 Å². The van der Waals surface area contributed by atoms with E-state index in [0.717, 1.165) is 25.3 Å². The third-order valence-electron chi connectivity index (χ3n) is 4.47. The lowest BCUT2D eigenvalue weighted by atomic mass is 9.79. The van der Waals surface area contributed by atoms with E-state index in [4.69, 9.17) is 10.5 Å². The molecule has 0 radical (unpaired) electrons. The lowest BCUT2D eigenvalue weighted by molar-refractivity contribution is 0.0663. The molecule has 1 aromatic carbocycles. The summed E-state index contributed by atoms with van der Waals surface area (Å²) in [5, 5.41) is 0. The van der Waals surface area contributed by atoms with Crippen molar-refractivity contribution >= 4 is 0 Å². The molecule has 0 amide bonds. The highest BCUT2D eigenvalue weighted by Crippen LogP contribution is 2.33. The van der Waals surface area contributed by atoms with E-state index >= 15 is 0 Å². The Labute approximate surface area is 116 Å². The molecule has 1 aliphatic heterocycles. The molecule has 1 aromatic rings. The minimum Gasteiger partial charge on any atom is -0.497 e. The molecule has 0 aromatic heterocycles. The molecule has 0 spiro atoms. The van der Waals surface area contributed by atoms with Gasteiger partial charge in [0.1, 0.15) is 5.75 Å². The number of nitrogens with zero attached hydrogens (tertiary/aromatic N) is 1. The van der Waals surface area contributed by atoms with Crippen molar-refractivity contribution in [3.05, 3.63) is 29.8 Å². The number of nitrogens with two attached hydrogens (primary N) is 1. The average Bonchev–Trinajstić information content (AvgIpc) is 2.41. The number of likely N-dealkylation sites (tertiary alicyclic amines) is 1. The van der Waals surface area contributed by atoms with E-state index in [-0.39, 0.29) is 5.41 Å². The smallest absolute Gasteiger partial charge is 0.119 e. The van der Waals surface area contributed by atoms with Crippen molar-refractivity contribution in [3.8, 4) is 5.75 Å². The summed E-state index contributed by atoms with van der Waals surface area (Å²) in [5.74, 6) is 0.928.